The summed E-state index contributed by atoms with van der Waals surface area (Å²) in [6, 6.07) is 19.6. The maximum Gasteiger partial charge on any atom is 0.260 e. The summed E-state index contributed by atoms with van der Waals surface area (Å²) in [5.41, 5.74) is 6.49. The zero-order valence-electron chi connectivity index (χ0n) is 28.9. The first-order chi connectivity index (χ1) is 24.6. The quantitative estimate of drug-likeness (QED) is 0.165. The normalized spacial score (nSPS) is 19.6. The number of benzene rings is 2. The molecule has 0 amide bonds. The first-order valence-electron chi connectivity index (χ1n) is 17.6. The highest BCUT2D eigenvalue weighted by atomic mass is 35.5. The molecule has 51 heavy (non-hydrogen) atoms. The molecule has 1 N–H and O–H groups in total. The van der Waals surface area contributed by atoms with Gasteiger partial charge in [-0.2, -0.15) is 0 Å². The minimum atomic E-state index is -2.61. The van der Waals surface area contributed by atoms with E-state index in [1.54, 1.807) is 14.2 Å². The molecule has 3 fully saturated rings. The molecule has 1 unspecified atom stereocenters. The molecular weight excluding hydrogens is 693 g/mol. The number of likely N-dealkylation sites (tertiary alicyclic amines) is 1. The fraction of sp³-hybridized carbons (Fsp3) is 0.425. The van der Waals surface area contributed by atoms with Crippen molar-refractivity contribution in [3.63, 3.8) is 0 Å². The van der Waals surface area contributed by atoms with Crippen molar-refractivity contribution in [3.8, 4) is 45.4 Å². The Morgan fingerprint density at radius 1 is 0.843 bits per heavy atom. The highest BCUT2D eigenvalue weighted by Crippen LogP contribution is 2.45. The van der Waals surface area contributed by atoms with Gasteiger partial charge in [-0.3, -0.25) is 9.69 Å². The second-order valence-electron chi connectivity index (χ2n) is 14.3. The highest BCUT2D eigenvalue weighted by Gasteiger charge is 2.47. The van der Waals surface area contributed by atoms with Gasteiger partial charge in [0.05, 0.1) is 42.2 Å². The number of aromatic nitrogens is 2. The van der Waals surface area contributed by atoms with E-state index in [0.29, 0.717) is 64.8 Å². The van der Waals surface area contributed by atoms with Crippen LogP contribution < -0.4 is 14.8 Å². The fourth-order valence-corrected chi connectivity index (χ4v) is 8.61. The number of hydrogen-bond acceptors (Lipinski definition) is 7. The Kier molecular flexibility index (Phi) is 10.4. The van der Waals surface area contributed by atoms with Crippen LogP contribution in [0.25, 0.3) is 33.6 Å². The van der Waals surface area contributed by atoms with Crippen molar-refractivity contribution in [2.24, 2.45) is 5.41 Å². The molecule has 4 heterocycles. The molecule has 0 bridgehead atoms. The molecule has 11 heteroatoms. The summed E-state index contributed by atoms with van der Waals surface area (Å²) < 4.78 is 38.4. The average Bonchev–Trinajstić information content (AvgIpc) is 3.51. The topological polar surface area (TPSA) is 76.6 Å². The van der Waals surface area contributed by atoms with Crippen LogP contribution in [-0.4, -0.2) is 66.5 Å². The van der Waals surface area contributed by atoms with E-state index in [0.717, 1.165) is 72.2 Å². The van der Waals surface area contributed by atoms with Crippen molar-refractivity contribution < 1.29 is 23.0 Å². The molecule has 268 valence electrons. The van der Waals surface area contributed by atoms with E-state index in [4.69, 9.17) is 42.6 Å². The molecule has 1 spiro atoms. The molecule has 3 aliphatic rings. The van der Waals surface area contributed by atoms with Crippen LogP contribution in [0, 0.1) is 5.41 Å². The molecule has 2 saturated heterocycles. The standard InChI is InChI=1S/C40H42Cl2F2N4O3/c1-50-37-25(6-3-7-27-16-19-40(43,44)22-45-27)12-14-33(46-37)31-10-4-8-29(35(31)41)30-9-5-11-32(36(30)42)34-15-13-26(38(47-34)51-2)21-48-23-39(24-48)18-17-28(49)20-39/h4-5,8-15,27,45H,3,6-7,16-24H2,1-2H3. The zero-order chi connectivity index (χ0) is 35.8. The molecule has 7 rings (SSSR count). The predicted molar refractivity (Wildman–Crippen MR) is 197 cm³/mol. The van der Waals surface area contributed by atoms with Crippen LogP contribution in [0.1, 0.15) is 56.1 Å². The molecule has 1 aliphatic carbocycles. The summed E-state index contributed by atoms with van der Waals surface area (Å²) in [6.07, 6.45) is 5.17. The van der Waals surface area contributed by atoms with Crippen LogP contribution in [0.15, 0.2) is 60.7 Å². The molecule has 2 aromatic carbocycles. The van der Waals surface area contributed by atoms with Crippen LogP contribution in [-0.2, 0) is 17.8 Å². The van der Waals surface area contributed by atoms with E-state index in [1.807, 2.05) is 60.7 Å². The number of hydrogen-bond donors (Lipinski definition) is 1. The second kappa shape index (κ2) is 14.8. The van der Waals surface area contributed by atoms with Gasteiger partial charge in [0.25, 0.3) is 5.92 Å². The van der Waals surface area contributed by atoms with Gasteiger partial charge < -0.3 is 14.8 Å². The number of nitrogens with zero attached hydrogens (tertiary/aromatic N) is 3. The van der Waals surface area contributed by atoms with E-state index in [9.17, 15) is 13.6 Å². The average molecular weight is 736 g/mol. The highest BCUT2D eigenvalue weighted by molar-refractivity contribution is 6.39. The van der Waals surface area contributed by atoms with Gasteiger partial charge in [-0.05, 0) is 44.2 Å². The lowest BCUT2D eigenvalue weighted by Crippen LogP contribution is -2.54. The minimum absolute atomic E-state index is 0.0656. The lowest BCUT2D eigenvalue weighted by atomic mass is 9.78. The van der Waals surface area contributed by atoms with Crippen molar-refractivity contribution in [1.82, 2.24) is 20.2 Å². The first kappa shape index (κ1) is 35.8. The second-order valence-corrected chi connectivity index (χ2v) is 15.0. The number of ketones is 1. The lowest BCUT2D eigenvalue weighted by molar-refractivity contribution is -0.119. The minimum Gasteiger partial charge on any atom is -0.481 e. The smallest absolute Gasteiger partial charge is 0.260 e. The fourth-order valence-electron chi connectivity index (χ4n) is 7.96. The maximum absolute atomic E-state index is 13.5. The number of Topliss-reactive ketones (excluding diaryl/α,β-unsaturated/α-hetero) is 1. The molecule has 2 aliphatic heterocycles. The third-order valence-corrected chi connectivity index (χ3v) is 11.4. The lowest BCUT2D eigenvalue weighted by Gasteiger charge is -2.48. The van der Waals surface area contributed by atoms with E-state index in [2.05, 4.69) is 10.2 Å². The third-order valence-electron chi connectivity index (χ3n) is 10.6. The van der Waals surface area contributed by atoms with E-state index in [1.165, 1.54) is 0 Å². The van der Waals surface area contributed by atoms with Gasteiger partial charge in [0, 0.05) is 83.7 Å². The summed E-state index contributed by atoms with van der Waals surface area (Å²) >= 11 is 14.2. The molecule has 0 radical (unpaired) electrons. The number of ether oxygens (including phenoxy) is 2. The number of carbonyl (C=O) groups excluding carboxylic acids is 1. The number of carbonyl (C=O) groups is 1. The zero-order valence-corrected chi connectivity index (χ0v) is 30.4. The summed E-state index contributed by atoms with van der Waals surface area (Å²) in [5.74, 6) is -1.16. The van der Waals surface area contributed by atoms with E-state index < -0.39 is 5.92 Å². The van der Waals surface area contributed by atoms with Crippen molar-refractivity contribution in [1.29, 1.82) is 0 Å². The molecule has 2 aromatic heterocycles. The van der Waals surface area contributed by atoms with Gasteiger partial charge in [0.2, 0.25) is 11.8 Å². The number of alkyl halides is 2. The molecule has 1 atom stereocenters. The maximum atomic E-state index is 13.5. The first-order valence-corrected chi connectivity index (χ1v) is 18.3. The molecular formula is C40H42Cl2F2N4O3. The van der Waals surface area contributed by atoms with Gasteiger partial charge in [-0.1, -0.05) is 71.7 Å². The number of rotatable bonds is 11. The molecule has 4 aromatic rings. The van der Waals surface area contributed by atoms with Gasteiger partial charge in [0.1, 0.15) is 5.78 Å². The summed E-state index contributed by atoms with van der Waals surface area (Å²) in [7, 11) is 3.22. The Balaban J connectivity index is 1.07. The van der Waals surface area contributed by atoms with Crippen LogP contribution >= 0.6 is 23.2 Å². The Morgan fingerprint density at radius 3 is 1.98 bits per heavy atom. The van der Waals surface area contributed by atoms with Crippen molar-refractivity contribution in [2.75, 3.05) is 33.9 Å². The predicted octanol–water partition coefficient (Wildman–Crippen LogP) is 9.07. The summed E-state index contributed by atoms with van der Waals surface area (Å²) in [6.45, 7) is 2.31. The Labute approximate surface area is 307 Å². The van der Waals surface area contributed by atoms with Crippen LogP contribution in [0.4, 0.5) is 8.78 Å². The van der Waals surface area contributed by atoms with Gasteiger partial charge >= 0.3 is 0 Å². The van der Waals surface area contributed by atoms with Crippen molar-refractivity contribution in [3.05, 3.63) is 81.8 Å². The Hall–Kier alpha value is -3.63. The number of methoxy groups -OCH3 is 2. The largest absolute Gasteiger partial charge is 0.481 e. The van der Waals surface area contributed by atoms with Gasteiger partial charge in [-0.25, -0.2) is 18.7 Å². The Bertz CT molecular complexity index is 1920. The summed E-state index contributed by atoms with van der Waals surface area (Å²) in [5, 5.41) is 4.01. The summed E-state index contributed by atoms with van der Waals surface area (Å²) in [4.78, 5) is 23.9. The number of pyridine rings is 2. The van der Waals surface area contributed by atoms with Crippen LogP contribution in [0.3, 0.4) is 0 Å². The van der Waals surface area contributed by atoms with Gasteiger partial charge in [-0.15, -0.1) is 0 Å². The Morgan fingerprint density at radius 2 is 1.43 bits per heavy atom. The van der Waals surface area contributed by atoms with Crippen molar-refractivity contribution >= 4 is 29.0 Å². The van der Waals surface area contributed by atoms with E-state index in [-0.39, 0.29) is 24.4 Å². The van der Waals surface area contributed by atoms with Crippen LogP contribution in [0.5, 0.6) is 11.8 Å². The number of halogens is 4. The number of nitrogens with one attached hydrogen (secondary N) is 1. The monoisotopic (exact) mass is 734 g/mol. The third kappa shape index (κ3) is 7.63. The number of piperidine rings is 1. The van der Waals surface area contributed by atoms with Gasteiger partial charge in [0.15, 0.2) is 0 Å². The molecule has 7 nitrogen and oxygen atoms in total. The van der Waals surface area contributed by atoms with Crippen molar-refractivity contribution in [2.45, 2.75) is 69.9 Å². The van der Waals surface area contributed by atoms with Crippen LogP contribution in [0.2, 0.25) is 10.0 Å². The SMILES string of the molecule is COc1nc(-c2cccc(-c3cccc(-c4ccc(CN5CC6(CCC(=O)C6)C5)c(OC)n4)c3Cl)c2Cl)ccc1CCCC1CCC(F)(F)CN1. The van der Waals surface area contributed by atoms with E-state index >= 15 is 0 Å². The number of aryl methyl sites for hydroxylation is 1. The molecule has 1 saturated carbocycles.